The Morgan fingerprint density at radius 3 is 1.56 bits per heavy atom. The van der Waals surface area contributed by atoms with Gasteiger partial charge in [0, 0.05) is 46.7 Å². The van der Waals surface area contributed by atoms with Crippen LogP contribution in [0.3, 0.4) is 0 Å². The number of nitrogens with zero attached hydrogens (tertiary/aromatic N) is 10. The van der Waals surface area contributed by atoms with Gasteiger partial charge in [0.15, 0.2) is 0 Å². The van der Waals surface area contributed by atoms with Crippen LogP contribution in [0.5, 0.6) is 0 Å². The van der Waals surface area contributed by atoms with Gasteiger partial charge in [0.2, 0.25) is 0 Å². The van der Waals surface area contributed by atoms with Crippen LogP contribution in [0.4, 0.5) is 0 Å². The number of aliphatic hydroxyl groups is 2. The smallest absolute Gasteiger partial charge is 0.141 e. The Balaban J connectivity index is 0.000000152. The Labute approximate surface area is 276 Å². The summed E-state index contributed by atoms with van der Waals surface area (Å²) in [5.41, 5.74) is 5.05. The zero-order valence-corrected chi connectivity index (χ0v) is 26.3. The highest BCUT2D eigenvalue weighted by molar-refractivity contribution is 5.90. The Bertz CT molecular complexity index is 1930. The Hall–Kier alpha value is -5.44. The molecule has 14 nitrogen and oxygen atoms in total. The minimum Gasteiger partial charge on any atom is -0.393 e. The van der Waals surface area contributed by atoms with Gasteiger partial charge >= 0.3 is 0 Å². The number of aromatic amines is 2. The van der Waals surface area contributed by atoms with Gasteiger partial charge in [-0.25, -0.2) is 19.9 Å². The van der Waals surface area contributed by atoms with Crippen molar-refractivity contribution >= 4 is 22.1 Å². The van der Waals surface area contributed by atoms with Gasteiger partial charge in [-0.2, -0.15) is 20.7 Å². The first-order valence-corrected chi connectivity index (χ1v) is 16.3. The highest BCUT2D eigenvalue weighted by Crippen LogP contribution is 2.38. The van der Waals surface area contributed by atoms with E-state index in [-0.39, 0.29) is 36.1 Å². The van der Waals surface area contributed by atoms with Gasteiger partial charge in [-0.1, -0.05) is 0 Å². The van der Waals surface area contributed by atoms with Crippen LogP contribution in [0.1, 0.15) is 63.5 Å². The largest absolute Gasteiger partial charge is 0.393 e. The normalized spacial score (nSPS) is 21.8. The third kappa shape index (κ3) is 6.28. The van der Waals surface area contributed by atoms with E-state index in [4.69, 9.17) is 0 Å². The van der Waals surface area contributed by atoms with Crippen LogP contribution in [-0.4, -0.2) is 71.9 Å². The lowest BCUT2D eigenvalue weighted by Gasteiger charge is -2.21. The van der Waals surface area contributed by atoms with Crippen LogP contribution >= 0.6 is 0 Å². The first-order chi connectivity index (χ1) is 23.5. The van der Waals surface area contributed by atoms with E-state index >= 15 is 0 Å². The van der Waals surface area contributed by atoms with Crippen LogP contribution in [0.2, 0.25) is 0 Å². The molecule has 2 saturated carbocycles. The molecule has 6 aromatic rings. The minimum absolute atomic E-state index is 0.00977. The molecule has 6 aromatic heterocycles. The molecule has 2 fully saturated rings. The molecule has 0 aliphatic heterocycles. The molecule has 8 rings (SSSR count). The van der Waals surface area contributed by atoms with Crippen molar-refractivity contribution in [3.05, 3.63) is 62.0 Å². The Kier molecular flexibility index (Phi) is 8.92. The zero-order valence-electron chi connectivity index (χ0n) is 26.3. The van der Waals surface area contributed by atoms with E-state index in [0.717, 1.165) is 83.1 Å². The maximum Gasteiger partial charge on any atom is 0.141 e. The van der Waals surface area contributed by atoms with Crippen molar-refractivity contribution in [3.63, 3.8) is 0 Å². The summed E-state index contributed by atoms with van der Waals surface area (Å²) < 4.78 is 3.73. The van der Waals surface area contributed by atoms with Crippen molar-refractivity contribution in [2.75, 3.05) is 0 Å². The molecule has 14 heteroatoms. The number of rotatable bonds is 8. The second kappa shape index (κ2) is 13.7. The van der Waals surface area contributed by atoms with Crippen molar-refractivity contribution < 1.29 is 10.2 Å². The topological polar surface area (TPSA) is 207 Å². The molecule has 2 aliphatic rings. The molecule has 0 amide bonds. The van der Waals surface area contributed by atoms with E-state index in [1.54, 1.807) is 12.4 Å². The third-order valence-electron chi connectivity index (χ3n) is 9.72. The van der Waals surface area contributed by atoms with E-state index in [2.05, 4.69) is 52.2 Å². The lowest BCUT2D eigenvalue weighted by molar-refractivity contribution is 0.169. The van der Waals surface area contributed by atoms with Crippen LogP contribution in [0, 0.1) is 34.5 Å². The predicted octanol–water partition coefficient (Wildman–Crippen LogP) is 4.87. The van der Waals surface area contributed by atoms with Gasteiger partial charge < -0.3 is 20.2 Å². The van der Waals surface area contributed by atoms with Gasteiger partial charge in [-0.05, 0) is 62.5 Å². The average molecular weight is 645 g/mol. The summed E-state index contributed by atoms with van der Waals surface area (Å²) in [7, 11) is 0. The summed E-state index contributed by atoms with van der Waals surface area (Å²) in [6.07, 6.45) is 19.4. The standard InChI is InChI=1S/2C17H18N6O/c2*18-5-3-15(11-1-2-13(24)7-11)23-9-12(8-22-23)16-14-4-6-19-17(14)21-10-20-16/h2*4,6,8-11,13,15,24H,1-3,7H2,(H,19,20,21)/t2*11-,13-,15?/m10/s1. The maximum atomic E-state index is 9.81. The molecule has 0 radical (unpaired) electrons. The molecule has 6 atom stereocenters. The predicted molar refractivity (Wildman–Crippen MR) is 175 cm³/mol. The Morgan fingerprint density at radius 2 is 1.17 bits per heavy atom. The fraction of sp³-hybridized carbons (Fsp3) is 0.412. The molecule has 0 bridgehead atoms. The van der Waals surface area contributed by atoms with Gasteiger partial charge in [0.1, 0.15) is 23.9 Å². The molecular weight excluding hydrogens is 608 g/mol. The van der Waals surface area contributed by atoms with E-state index in [1.807, 2.05) is 46.3 Å². The summed E-state index contributed by atoms with van der Waals surface area (Å²) in [5.74, 6) is 0.565. The summed E-state index contributed by atoms with van der Waals surface area (Å²) in [4.78, 5) is 23.3. The van der Waals surface area contributed by atoms with Crippen molar-refractivity contribution in [1.82, 2.24) is 49.5 Å². The first kappa shape index (κ1) is 31.2. The summed E-state index contributed by atoms with van der Waals surface area (Å²) in [6, 6.07) is 8.39. The summed E-state index contributed by atoms with van der Waals surface area (Å²) >= 11 is 0. The van der Waals surface area contributed by atoms with Gasteiger partial charge in [0.25, 0.3) is 0 Å². The number of aromatic nitrogens is 10. The van der Waals surface area contributed by atoms with E-state index in [1.165, 1.54) is 12.7 Å². The highest BCUT2D eigenvalue weighted by atomic mass is 16.3. The van der Waals surface area contributed by atoms with Crippen molar-refractivity contribution in [2.45, 2.75) is 75.7 Å². The number of H-pyrrole nitrogens is 2. The van der Waals surface area contributed by atoms with Crippen molar-refractivity contribution in [3.8, 4) is 34.7 Å². The van der Waals surface area contributed by atoms with E-state index in [9.17, 15) is 20.7 Å². The molecule has 2 aliphatic carbocycles. The van der Waals surface area contributed by atoms with Crippen LogP contribution in [-0.2, 0) is 0 Å². The lowest BCUT2D eigenvalue weighted by Crippen LogP contribution is -2.18. The zero-order chi connectivity index (χ0) is 33.0. The van der Waals surface area contributed by atoms with E-state index < -0.39 is 0 Å². The van der Waals surface area contributed by atoms with Crippen LogP contribution in [0.15, 0.2) is 62.0 Å². The Morgan fingerprint density at radius 1 is 0.708 bits per heavy atom. The van der Waals surface area contributed by atoms with Crippen LogP contribution in [0.25, 0.3) is 44.6 Å². The van der Waals surface area contributed by atoms with Gasteiger partial charge in [-0.3, -0.25) is 9.36 Å². The average Bonchev–Trinajstić information content (AvgIpc) is 3.95. The number of hydrogen-bond acceptors (Lipinski definition) is 10. The number of hydrogen-bond donors (Lipinski definition) is 4. The third-order valence-corrected chi connectivity index (χ3v) is 9.72. The molecule has 0 saturated heterocycles. The number of nitrogens with one attached hydrogen (secondary N) is 2. The lowest BCUT2D eigenvalue weighted by atomic mass is 9.96. The number of nitriles is 2. The minimum atomic E-state index is -0.257. The SMILES string of the molecule is N#CCC([C@@H]1CC[C@@H](O)C1)n1cc(-c2ncnc3[nH]ccc23)cn1.N#CCC([C@H]1CC[C@H](O)C1)n1cc(-c2ncnc3[nH]ccc23)cn1. The summed E-state index contributed by atoms with van der Waals surface area (Å²) in [6.45, 7) is 0. The first-order valence-electron chi connectivity index (χ1n) is 16.3. The second-order valence-corrected chi connectivity index (χ2v) is 12.7. The van der Waals surface area contributed by atoms with E-state index in [0.29, 0.717) is 12.8 Å². The monoisotopic (exact) mass is 644 g/mol. The van der Waals surface area contributed by atoms with Crippen molar-refractivity contribution in [2.24, 2.45) is 11.8 Å². The maximum absolute atomic E-state index is 9.81. The molecule has 4 N–H and O–H groups in total. The molecule has 2 unspecified atom stereocenters. The fourth-order valence-electron chi connectivity index (χ4n) is 7.31. The van der Waals surface area contributed by atoms with Gasteiger partial charge in [-0.15, -0.1) is 0 Å². The molecule has 6 heterocycles. The molecule has 244 valence electrons. The fourth-order valence-corrected chi connectivity index (χ4v) is 7.31. The van der Waals surface area contributed by atoms with Gasteiger partial charge in [0.05, 0.1) is 73.1 Å². The molecule has 0 spiro atoms. The summed E-state index contributed by atoms with van der Waals surface area (Å²) in [5, 5.41) is 48.9. The van der Waals surface area contributed by atoms with Crippen LogP contribution < -0.4 is 0 Å². The molecule has 48 heavy (non-hydrogen) atoms. The molecular formula is C34H36N12O2. The number of fused-ring (bicyclic) bond motifs is 2. The van der Waals surface area contributed by atoms with Crippen molar-refractivity contribution in [1.29, 1.82) is 10.5 Å². The second-order valence-electron chi connectivity index (χ2n) is 12.7. The highest BCUT2D eigenvalue weighted by Gasteiger charge is 2.32. The molecule has 0 aromatic carbocycles. The number of aliphatic hydroxyl groups excluding tert-OH is 2. The quantitative estimate of drug-likeness (QED) is 0.177.